The fourth-order valence-electron chi connectivity index (χ4n) is 3.78. The van der Waals surface area contributed by atoms with E-state index in [1.54, 1.807) is 17.0 Å². The van der Waals surface area contributed by atoms with E-state index in [1.807, 2.05) is 55.5 Å². The van der Waals surface area contributed by atoms with E-state index in [4.69, 9.17) is 0 Å². The van der Waals surface area contributed by atoms with Crippen LogP contribution in [0.1, 0.15) is 45.1 Å². The molecule has 152 valence electrons. The maximum atomic E-state index is 13.1. The smallest absolute Gasteiger partial charge is 0.255 e. The average Bonchev–Trinajstić information content (AvgIpc) is 3.09. The molecule has 1 N–H and O–H groups in total. The molecule has 0 bridgehead atoms. The van der Waals surface area contributed by atoms with Gasteiger partial charge in [0.25, 0.3) is 5.91 Å². The van der Waals surface area contributed by atoms with Gasteiger partial charge in [0.15, 0.2) is 0 Å². The van der Waals surface area contributed by atoms with Crippen LogP contribution in [0.3, 0.4) is 0 Å². The van der Waals surface area contributed by atoms with Crippen molar-refractivity contribution in [3.05, 3.63) is 106 Å². The highest BCUT2D eigenvalue weighted by atomic mass is 19.1. The topological polar surface area (TPSA) is 49.4 Å². The molecule has 0 spiro atoms. The van der Waals surface area contributed by atoms with Crippen LogP contribution in [0.4, 0.5) is 4.39 Å². The summed E-state index contributed by atoms with van der Waals surface area (Å²) in [6, 6.07) is 21.2. The van der Waals surface area contributed by atoms with Crippen LogP contribution in [0.25, 0.3) is 0 Å². The second kappa shape index (κ2) is 8.49. The van der Waals surface area contributed by atoms with E-state index in [0.717, 1.165) is 22.3 Å². The molecule has 0 unspecified atom stereocenters. The van der Waals surface area contributed by atoms with Crippen LogP contribution in [-0.2, 0) is 17.9 Å². The Kier molecular flexibility index (Phi) is 5.61. The summed E-state index contributed by atoms with van der Waals surface area (Å²) in [6.45, 7) is 2.80. The summed E-state index contributed by atoms with van der Waals surface area (Å²) in [5.74, 6) is -0.521. The van der Waals surface area contributed by atoms with Crippen molar-refractivity contribution in [3.8, 4) is 0 Å². The zero-order chi connectivity index (χ0) is 21.1. The van der Waals surface area contributed by atoms with Gasteiger partial charge in [-0.05, 0) is 41.8 Å². The van der Waals surface area contributed by atoms with Gasteiger partial charge < -0.3 is 10.2 Å². The first-order valence-electron chi connectivity index (χ1n) is 9.98. The molecule has 0 aromatic heterocycles. The molecule has 4 rings (SSSR count). The molecule has 0 aliphatic carbocycles. The monoisotopic (exact) mass is 402 g/mol. The first kappa shape index (κ1) is 19.8. The van der Waals surface area contributed by atoms with Gasteiger partial charge in [0.2, 0.25) is 5.91 Å². The largest absolute Gasteiger partial charge is 0.352 e. The maximum Gasteiger partial charge on any atom is 0.255 e. The summed E-state index contributed by atoms with van der Waals surface area (Å²) in [6.07, 6.45) is 0.157. The van der Waals surface area contributed by atoms with Gasteiger partial charge in [0.1, 0.15) is 5.82 Å². The third-order valence-electron chi connectivity index (χ3n) is 5.47. The van der Waals surface area contributed by atoms with Gasteiger partial charge in [-0.2, -0.15) is 0 Å². The Bertz CT molecular complexity index is 1060. The van der Waals surface area contributed by atoms with E-state index in [-0.39, 0.29) is 30.1 Å². The number of nitrogens with one attached hydrogen (secondary N) is 1. The molecule has 1 atom stereocenters. The van der Waals surface area contributed by atoms with E-state index in [9.17, 15) is 14.0 Å². The number of carbonyl (C=O) groups is 2. The minimum absolute atomic E-state index is 0.0532. The van der Waals surface area contributed by atoms with Crippen LogP contribution >= 0.6 is 0 Å². The lowest BCUT2D eigenvalue weighted by Gasteiger charge is -2.28. The Morgan fingerprint density at radius 3 is 2.43 bits per heavy atom. The van der Waals surface area contributed by atoms with Crippen LogP contribution < -0.4 is 5.32 Å². The van der Waals surface area contributed by atoms with E-state index >= 15 is 0 Å². The van der Waals surface area contributed by atoms with E-state index in [1.165, 1.54) is 12.1 Å². The molecule has 1 aliphatic heterocycles. The van der Waals surface area contributed by atoms with Crippen molar-refractivity contribution in [1.29, 1.82) is 0 Å². The summed E-state index contributed by atoms with van der Waals surface area (Å²) in [5.41, 5.74) is 4.54. The molecular weight excluding hydrogens is 379 g/mol. The Hall–Kier alpha value is -3.47. The third-order valence-corrected chi connectivity index (χ3v) is 5.47. The second-order valence-corrected chi connectivity index (χ2v) is 7.62. The summed E-state index contributed by atoms with van der Waals surface area (Å²) < 4.78 is 13.1. The molecule has 0 radical (unpaired) electrons. The van der Waals surface area contributed by atoms with Crippen molar-refractivity contribution < 1.29 is 14.0 Å². The first-order chi connectivity index (χ1) is 14.5. The Morgan fingerprint density at radius 1 is 1.03 bits per heavy atom. The molecule has 5 heteroatoms. The highest BCUT2D eigenvalue weighted by molar-refractivity contribution is 5.98. The maximum absolute atomic E-state index is 13.1. The molecule has 0 saturated heterocycles. The number of hydrogen-bond donors (Lipinski definition) is 1. The van der Waals surface area contributed by atoms with Gasteiger partial charge in [-0.25, -0.2) is 4.39 Å². The van der Waals surface area contributed by atoms with Gasteiger partial charge in [-0.1, -0.05) is 60.2 Å². The number of nitrogens with zero attached hydrogens (tertiary/aromatic N) is 1. The van der Waals surface area contributed by atoms with Crippen molar-refractivity contribution in [2.24, 2.45) is 0 Å². The molecular formula is C25H23FN2O2. The SMILES string of the molecule is Cc1ccc([C@@H](CC(=O)NCc2ccc(F)cc2)N2Cc3ccccc3C2=O)cc1. The quantitative estimate of drug-likeness (QED) is 0.658. The third kappa shape index (κ3) is 4.25. The van der Waals surface area contributed by atoms with Crippen molar-refractivity contribution in [1.82, 2.24) is 10.2 Å². The van der Waals surface area contributed by atoms with E-state index in [0.29, 0.717) is 18.7 Å². The summed E-state index contributed by atoms with van der Waals surface area (Å²) in [4.78, 5) is 27.5. The lowest BCUT2D eigenvalue weighted by Crippen LogP contribution is -2.34. The van der Waals surface area contributed by atoms with Crippen molar-refractivity contribution in [2.45, 2.75) is 32.5 Å². The van der Waals surface area contributed by atoms with Gasteiger partial charge in [-0.15, -0.1) is 0 Å². The van der Waals surface area contributed by atoms with Gasteiger partial charge in [-0.3, -0.25) is 9.59 Å². The molecule has 3 aromatic rings. The lowest BCUT2D eigenvalue weighted by atomic mass is 10.00. The summed E-state index contributed by atoms with van der Waals surface area (Å²) >= 11 is 0. The fourth-order valence-corrected chi connectivity index (χ4v) is 3.78. The number of fused-ring (bicyclic) bond motifs is 1. The minimum Gasteiger partial charge on any atom is -0.352 e. The molecule has 30 heavy (non-hydrogen) atoms. The fraction of sp³-hybridized carbons (Fsp3) is 0.200. The summed E-state index contributed by atoms with van der Waals surface area (Å²) in [7, 11) is 0. The normalized spacial score (nSPS) is 13.8. The standard InChI is InChI=1S/C25H23FN2O2/c1-17-6-10-19(11-7-17)23(28-16-20-4-2-3-5-22(20)25(28)30)14-24(29)27-15-18-8-12-21(26)13-9-18/h2-13,23H,14-16H2,1H3,(H,27,29)/t23-/m1/s1. The predicted molar refractivity (Wildman–Crippen MR) is 113 cm³/mol. The van der Waals surface area contributed by atoms with Crippen LogP contribution in [0.2, 0.25) is 0 Å². The molecule has 1 aliphatic rings. The second-order valence-electron chi connectivity index (χ2n) is 7.62. The highest BCUT2D eigenvalue weighted by Gasteiger charge is 2.34. The molecule has 2 amide bonds. The Labute approximate surface area is 175 Å². The van der Waals surface area contributed by atoms with Crippen molar-refractivity contribution in [3.63, 3.8) is 0 Å². The Morgan fingerprint density at radius 2 is 1.73 bits per heavy atom. The first-order valence-corrected chi connectivity index (χ1v) is 9.98. The van der Waals surface area contributed by atoms with Crippen LogP contribution in [0.15, 0.2) is 72.8 Å². The highest BCUT2D eigenvalue weighted by Crippen LogP contribution is 2.33. The van der Waals surface area contributed by atoms with E-state index in [2.05, 4.69) is 5.32 Å². The van der Waals surface area contributed by atoms with Crippen molar-refractivity contribution >= 4 is 11.8 Å². The molecule has 0 fully saturated rings. The van der Waals surface area contributed by atoms with Gasteiger partial charge in [0, 0.05) is 18.7 Å². The number of carbonyl (C=O) groups excluding carboxylic acids is 2. The Balaban J connectivity index is 1.52. The molecule has 3 aromatic carbocycles. The van der Waals surface area contributed by atoms with Crippen molar-refractivity contribution in [2.75, 3.05) is 0 Å². The van der Waals surface area contributed by atoms with Gasteiger partial charge in [0.05, 0.1) is 12.5 Å². The van der Waals surface area contributed by atoms with Crippen LogP contribution in [-0.4, -0.2) is 16.7 Å². The number of aryl methyl sites for hydroxylation is 1. The number of halogens is 1. The minimum atomic E-state index is -0.362. The molecule has 4 nitrogen and oxygen atoms in total. The summed E-state index contributed by atoms with van der Waals surface area (Å²) in [5, 5.41) is 2.89. The van der Waals surface area contributed by atoms with Crippen LogP contribution in [0.5, 0.6) is 0 Å². The zero-order valence-corrected chi connectivity index (χ0v) is 16.8. The molecule has 1 heterocycles. The number of amides is 2. The van der Waals surface area contributed by atoms with Gasteiger partial charge >= 0.3 is 0 Å². The number of rotatable bonds is 6. The van der Waals surface area contributed by atoms with Crippen LogP contribution in [0, 0.1) is 12.7 Å². The molecule has 0 saturated carbocycles. The zero-order valence-electron chi connectivity index (χ0n) is 16.8. The predicted octanol–water partition coefficient (Wildman–Crippen LogP) is 4.54. The average molecular weight is 402 g/mol. The van der Waals surface area contributed by atoms with E-state index < -0.39 is 0 Å². The lowest BCUT2D eigenvalue weighted by molar-refractivity contribution is -0.122. The number of hydrogen-bond acceptors (Lipinski definition) is 2. The number of benzene rings is 3.